The van der Waals surface area contributed by atoms with Crippen molar-refractivity contribution in [1.82, 2.24) is 0 Å². The number of hydrogen-bond acceptors (Lipinski definition) is 3. The molecule has 0 aliphatic carbocycles. The number of furan rings is 1. The second-order valence-electron chi connectivity index (χ2n) is 2.92. The highest BCUT2D eigenvalue weighted by molar-refractivity contribution is 5.84. The first-order valence-electron chi connectivity index (χ1n) is 4.34. The fraction of sp³-hybridized carbons (Fsp3) is 0. The van der Waals surface area contributed by atoms with Crippen molar-refractivity contribution in [3.63, 3.8) is 0 Å². The zero-order chi connectivity index (χ0) is 10.7. The van der Waals surface area contributed by atoms with Gasteiger partial charge in [0.05, 0.1) is 24.3 Å². The molecule has 0 radical (unpaired) electrons. The summed E-state index contributed by atoms with van der Waals surface area (Å²) in [7, 11) is 0. The molecular formula is C12H6N2O. The topological polar surface area (TPSA) is 60.7 Å². The number of nitriles is 2. The van der Waals surface area contributed by atoms with Gasteiger partial charge >= 0.3 is 0 Å². The first-order valence-corrected chi connectivity index (χ1v) is 4.34. The van der Waals surface area contributed by atoms with Gasteiger partial charge in [0, 0.05) is 10.8 Å². The van der Waals surface area contributed by atoms with E-state index in [1.807, 2.05) is 36.4 Å². The van der Waals surface area contributed by atoms with Gasteiger partial charge < -0.3 is 4.42 Å². The van der Waals surface area contributed by atoms with Crippen molar-refractivity contribution in [3.05, 3.63) is 35.1 Å². The van der Waals surface area contributed by atoms with Crippen molar-refractivity contribution in [3.8, 4) is 12.1 Å². The lowest BCUT2D eigenvalue weighted by molar-refractivity contribution is 0.509. The van der Waals surface area contributed by atoms with Gasteiger partial charge in [-0.1, -0.05) is 24.3 Å². The summed E-state index contributed by atoms with van der Waals surface area (Å²) < 4.78 is 5.39. The van der Waals surface area contributed by atoms with Crippen LogP contribution < -0.4 is 10.8 Å². The first kappa shape index (κ1) is 9.05. The van der Waals surface area contributed by atoms with E-state index in [9.17, 15) is 0 Å². The Balaban J connectivity index is 3.02. The molecule has 0 saturated heterocycles. The number of hydrogen-bond donors (Lipinski definition) is 0. The molecule has 0 atom stereocenters. The Kier molecular flexibility index (Phi) is 2.23. The lowest BCUT2D eigenvalue weighted by atomic mass is 10.2. The van der Waals surface area contributed by atoms with Gasteiger partial charge in [0.2, 0.25) is 0 Å². The molecule has 0 spiro atoms. The molecule has 70 valence electrons. The highest BCUT2D eigenvalue weighted by Gasteiger charge is 2.00. The summed E-state index contributed by atoms with van der Waals surface area (Å²) in [6.45, 7) is 0. The Morgan fingerprint density at radius 2 is 1.40 bits per heavy atom. The maximum atomic E-state index is 8.58. The Labute approximate surface area is 85.8 Å². The van der Waals surface area contributed by atoms with E-state index < -0.39 is 0 Å². The van der Waals surface area contributed by atoms with E-state index in [-0.39, 0.29) is 0 Å². The summed E-state index contributed by atoms with van der Waals surface area (Å²) in [5.74, 6) is 0. The monoisotopic (exact) mass is 194 g/mol. The molecule has 0 unspecified atom stereocenters. The molecule has 1 aromatic heterocycles. The van der Waals surface area contributed by atoms with Crippen LogP contribution in [0, 0.1) is 22.7 Å². The molecule has 1 aromatic carbocycles. The maximum absolute atomic E-state index is 8.58. The second-order valence-corrected chi connectivity index (χ2v) is 2.92. The number of rotatable bonds is 0. The molecule has 0 aliphatic heterocycles. The molecule has 2 aromatic rings. The van der Waals surface area contributed by atoms with E-state index in [1.54, 1.807) is 0 Å². The van der Waals surface area contributed by atoms with Crippen LogP contribution in [0.5, 0.6) is 0 Å². The van der Waals surface area contributed by atoms with E-state index in [1.165, 1.54) is 12.2 Å². The fourth-order valence-electron chi connectivity index (χ4n) is 1.47. The van der Waals surface area contributed by atoms with Crippen LogP contribution in [0.3, 0.4) is 0 Å². The Bertz CT molecular complexity index is 636. The van der Waals surface area contributed by atoms with Crippen LogP contribution in [-0.4, -0.2) is 0 Å². The van der Waals surface area contributed by atoms with Crippen molar-refractivity contribution < 1.29 is 4.42 Å². The van der Waals surface area contributed by atoms with Gasteiger partial charge in [0.25, 0.3) is 0 Å². The van der Waals surface area contributed by atoms with E-state index in [0.717, 1.165) is 10.8 Å². The maximum Gasteiger partial charge on any atom is 0.145 e. The molecule has 0 amide bonds. The molecule has 0 saturated carbocycles. The molecule has 15 heavy (non-hydrogen) atoms. The van der Waals surface area contributed by atoms with Gasteiger partial charge in [-0.25, -0.2) is 0 Å². The van der Waals surface area contributed by atoms with Crippen molar-refractivity contribution >= 4 is 22.9 Å². The summed E-state index contributed by atoms with van der Waals surface area (Å²) in [4.78, 5) is 0. The Hall–Kier alpha value is -2.52. The van der Waals surface area contributed by atoms with Crippen LogP contribution in [0.1, 0.15) is 0 Å². The first-order chi connectivity index (χ1) is 7.36. The fourth-order valence-corrected chi connectivity index (χ4v) is 1.47. The third-order valence-corrected chi connectivity index (χ3v) is 2.07. The molecular weight excluding hydrogens is 188 g/mol. The normalized spacial score (nSPS) is 12.7. The van der Waals surface area contributed by atoms with Crippen molar-refractivity contribution in [2.24, 2.45) is 0 Å². The minimum Gasteiger partial charge on any atom is -0.455 e. The second kappa shape index (κ2) is 3.69. The zero-order valence-corrected chi connectivity index (χ0v) is 7.77. The summed E-state index contributed by atoms with van der Waals surface area (Å²) in [5.41, 5.74) is 0.990. The lowest BCUT2D eigenvalue weighted by Gasteiger charge is -1.83. The minimum atomic E-state index is 0.495. The van der Waals surface area contributed by atoms with Crippen molar-refractivity contribution in [2.45, 2.75) is 0 Å². The van der Waals surface area contributed by atoms with Crippen LogP contribution in [0.15, 0.2) is 28.7 Å². The average Bonchev–Trinajstić information content (AvgIpc) is 2.59. The molecule has 2 rings (SSSR count). The van der Waals surface area contributed by atoms with Gasteiger partial charge in [0.1, 0.15) is 10.8 Å². The highest BCUT2D eigenvalue weighted by Crippen LogP contribution is 2.04. The Morgan fingerprint density at radius 1 is 0.933 bits per heavy atom. The lowest BCUT2D eigenvalue weighted by Crippen LogP contribution is -1.98. The van der Waals surface area contributed by atoms with Gasteiger partial charge in [0.15, 0.2) is 0 Å². The van der Waals surface area contributed by atoms with Crippen molar-refractivity contribution in [2.75, 3.05) is 0 Å². The molecule has 0 fully saturated rings. The largest absolute Gasteiger partial charge is 0.455 e. The van der Waals surface area contributed by atoms with Crippen LogP contribution in [0.4, 0.5) is 0 Å². The van der Waals surface area contributed by atoms with Gasteiger partial charge in [-0.05, 0) is 0 Å². The van der Waals surface area contributed by atoms with Gasteiger partial charge in [-0.2, -0.15) is 10.5 Å². The predicted molar refractivity (Wildman–Crippen MR) is 55.6 cm³/mol. The minimum absolute atomic E-state index is 0.495. The molecule has 0 bridgehead atoms. The summed E-state index contributed by atoms with van der Waals surface area (Å²) in [6.07, 6.45) is 2.66. The summed E-state index contributed by atoms with van der Waals surface area (Å²) in [5, 5.41) is 18.9. The third-order valence-electron chi connectivity index (χ3n) is 2.07. The van der Waals surface area contributed by atoms with E-state index >= 15 is 0 Å². The highest BCUT2D eigenvalue weighted by atomic mass is 16.3. The van der Waals surface area contributed by atoms with Gasteiger partial charge in [-0.3, -0.25) is 0 Å². The smallest absolute Gasteiger partial charge is 0.145 e. The molecule has 3 heteroatoms. The van der Waals surface area contributed by atoms with Crippen LogP contribution >= 0.6 is 0 Å². The molecule has 0 N–H and O–H groups in total. The Morgan fingerprint density at radius 3 is 1.80 bits per heavy atom. The van der Waals surface area contributed by atoms with Crippen LogP contribution in [0.2, 0.25) is 0 Å². The SMILES string of the molecule is N#C/C=c1/o/c(=C/C#N)c2ccccc12. The zero-order valence-electron chi connectivity index (χ0n) is 7.77. The molecule has 0 aliphatic rings. The standard InChI is InChI=1S/C12H6N2O/c13-7-5-11-9-3-1-2-4-10(9)12(15-11)6-8-14/h1-6H/b11-5+,12-6+. The van der Waals surface area contributed by atoms with Crippen LogP contribution in [-0.2, 0) is 0 Å². The van der Waals surface area contributed by atoms with Gasteiger partial charge in [-0.15, -0.1) is 0 Å². The number of nitrogens with zero attached hydrogens (tertiary/aromatic N) is 2. The van der Waals surface area contributed by atoms with E-state index in [2.05, 4.69) is 0 Å². The molecule has 1 heterocycles. The molecule has 3 nitrogen and oxygen atoms in total. The average molecular weight is 194 g/mol. The summed E-state index contributed by atoms with van der Waals surface area (Å²) in [6, 6.07) is 11.3. The quantitative estimate of drug-likeness (QED) is 0.629. The number of fused-ring (bicyclic) bond motifs is 1. The third kappa shape index (κ3) is 1.47. The number of benzene rings is 1. The van der Waals surface area contributed by atoms with Crippen molar-refractivity contribution in [1.29, 1.82) is 10.5 Å². The van der Waals surface area contributed by atoms with E-state index in [0.29, 0.717) is 10.8 Å². The summed E-state index contributed by atoms with van der Waals surface area (Å²) >= 11 is 0. The van der Waals surface area contributed by atoms with Crippen LogP contribution in [0.25, 0.3) is 22.9 Å². The van der Waals surface area contributed by atoms with E-state index in [4.69, 9.17) is 14.9 Å². The predicted octanol–water partition coefficient (Wildman–Crippen LogP) is 1.04.